The predicted octanol–water partition coefficient (Wildman–Crippen LogP) is 4.17. The summed E-state index contributed by atoms with van der Waals surface area (Å²) >= 11 is 6.44. The fraction of sp³-hybridized carbons (Fsp3) is 0.0741. The van der Waals surface area contributed by atoms with E-state index in [-0.39, 0.29) is 44.5 Å². The summed E-state index contributed by atoms with van der Waals surface area (Å²) in [6.07, 6.45) is 0. The van der Waals surface area contributed by atoms with Gasteiger partial charge in [-0.3, -0.25) is 9.59 Å². The molecule has 6 rings (SSSR count). The van der Waals surface area contributed by atoms with Crippen molar-refractivity contribution < 1.29 is 19.1 Å². The summed E-state index contributed by atoms with van der Waals surface area (Å²) in [4.78, 5) is 28.5. The van der Waals surface area contributed by atoms with E-state index < -0.39 is 22.5 Å². The lowest BCUT2D eigenvalue weighted by molar-refractivity contribution is -0.120. The molecule has 1 unspecified atom stereocenters. The van der Waals surface area contributed by atoms with Crippen LogP contribution in [0.1, 0.15) is 11.1 Å². The van der Waals surface area contributed by atoms with Crippen LogP contribution in [0.2, 0.25) is 5.02 Å². The van der Waals surface area contributed by atoms with E-state index in [1.807, 2.05) is 12.1 Å². The zero-order valence-corrected chi connectivity index (χ0v) is 19.5. The lowest BCUT2D eigenvalue weighted by Gasteiger charge is -2.34. The summed E-state index contributed by atoms with van der Waals surface area (Å²) in [7, 11) is 1.51. The molecule has 36 heavy (non-hydrogen) atoms. The number of hydrogen-bond donors (Lipinski definition) is 2. The normalized spacial score (nSPS) is 18.2. The van der Waals surface area contributed by atoms with E-state index in [0.717, 1.165) is 0 Å². The number of hydrogen-bond acceptors (Lipinski definition) is 7. The molecule has 3 N–H and O–H groups in total. The summed E-state index contributed by atoms with van der Waals surface area (Å²) in [6, 6.07) is 18.5. The summed E-state index contributed by atoms with van der Waals surface area (Å²) in [5.41, 5.74) is 4.87. The van der Waals surface area contributed by atoms with Gasteiger partial charge >= 0.3 is 0 Å². The summed E-state index contributed by atoms with van der Waals surface area (Å²) < 4.78 is 11.7. The third-order valence-electron chi connectivity index (χ3n) is 6.70. The number of benzene rings is 3. The molecular weight excluding hydrogens is 482 g/mol. The molecule has 0 saturated heterocycles. The number of nitrogens with two attached hydrogens (primary N) is 1. The molecule has 0 aliphatic carbocycles. The first kappa shape index (κ1) is 21.8. The van der Waals surface area contributed by atoms with Crippen molar-refractivity contribution in [1.82, 2.24) is 0 Å². The van der Waals surface area contributed by atoms with Crippen molar-refractivity contribution in [2.75, 3.05) is 11.9 Å². The van der Waals surface area contributed by atoms with Crippen molar-refractivity contribution in [3.05, 3.63) is 98.5 Å². The highest BCUT2D eigenvalue weighted by Gasteiger charge is 2.60. The second kappa shape index (κ2) is 7.38. The smallest absolute Gasteiger partial charge is 0.247 e. The van der Waals surface area contributed by atoms with E-state index in [1.54, 1.807) is 42.5 Å². The van der Waals surface area contributed by atoms with Gasteiger partial charge in [0.15, 0.2) is 5.43 Å². The van der Waals surface area contributed by atoms with Crippen LogP contribution in [0.15, 0.2) is 81.3 Å². The van der Waals surface area contributed by atoms with Crippen LogP contribution in [0.25, 0.3) is 22.3 Å². The Kier molecular flexibility index (Phi) is 4.46. The lowest BCUT2D eigenvalue weighted by Crippen LogP contribution is -2.45. The molecule has 0 fully saturated rings. The van der Waals surface area contributed by atoms with Crippen molar-refractivity contribution >= 4 is 34.2 Å². The Labute approximate surface area is 209 Å². The van der Waals surface area contributed by atoms with E-state index in [2.05, 4.69) is 0 Å². The quantitative estimate of drug-likeness (QED) is 0.403. The minimum atomic E-state index is -1.87. The standard InChI is InChI=1S/C27H16ClN3O5/c1-31-23-14(8-5-9-16(23)28)27(26(31)34)15(12-29)25(30)36-20-11-19-21(24(33)22(20)27)17(32)10-18(35-19)13-6-3-2-4-7-13/h2-11,33H,30H2,1H3. The van der Waals surface area contributed by atoms with Gasteiger partial charge in [0, 0.05) is 30.3 Å². The third-order valence-corrected chi connectivity index (χ3v) is 7.00. The molecule has 0 bridgehead atoms. The highest BCUT2D eigenvalue weighted by atomic mass is 35.5. The molecular formula is C27H16ClN3O5. The number of phenols is 1. The van der Waals surface area contributed by atoms with Gasteiger partial charge in [0.05, 0.1) is 16.3 Å². The molecule has 1 aromatic heterocycles. The van der Waals surface area contributed by atoms with Crippen molar-refractivity contribution in [2.24, 2.45) is 5.73 Å². The molecule has 1 amide bonds. The van der Waals surface area contributed by atoms with Gasteiger partial charge in [-0.25, -0.2) is 0 Å². The Balaban J connectivity index is 1.75. The van der Waals surface area contributed by atoms with Gasteiger partial charge in [0.25, 0.3) is 0 Å². The fourth-order valence-corrected chi connectivity index (χ4v) is 5.50. The highest BCUT2D eigenvalue weighted by molar-refractivity contribution is 6.35. The van der Waals surface area contributed by atoms with Gasteiger partial charge < -0.3 is 24.9 Å². The lowest BCUT2D eigenvalue weighted by atomic mass is 9.68. The van der Waals surface area contributed by atoms with Crippen molar-refractivity contribution in [3.8, 4) is 28.9 Å². The zero-order chi connectivity index (χ0) is 25.4. The van der Waals surface area contributed by atoms with E-state index in [9.17, 15) is 20.0 Å². The van der Waals surface area contributed by atoms with E-state index in [0.29, 0.717) is 16.8 Å². The second-order valence-corrected chi connectivity index (χ2v) is 8.92. The number of carbonyl (C=O) groups excluding carboxylic acids is 1. The molecule has 1 atom stereocenters. The van der Waals surface area contributed by atoms with Gasteiger partial charge in [-0.15, -0.1) is 0 Å². The number of halogens is 1. The van der Waals surface area contributed by atoms with Crippen molar-refractivity contribution in [2.45, 2.75) is 5.41 Å². The average molecular weight is 498 g/mol. The van der Waals surface area contributed by atoms with Gasteiger partial charge in [-0.05, 0) is 6.07 Å². The number of ether oxygens (including phenoxy) is 1. The van der Waals surface area contributed by atoms with E-state index >= 15 is 0 Å². The third kappa shape index (κ3) is 2.58. The van der Waals surface area contributed by atoms with Crippen molar-refractivity contribution in [1.29, 1.82) is 5.26 Å². The van der Waals surface area contributed by atoms with E-state index in [4.69, 9.17) is 26.5 Å². The minimum Gasteiger partial charge on any atom is -0.507 e. The average Bonchev–Trinajstić information content (AvgIpc) is 3.07. The largest absolute Gasteiger partial charge is 0.507 e. The van der Waals surface area contributed by atoms with Gasteiger partial charge in [-0.2, -0.15) is 5.26 Å². The number of amides is 1. The summed E-state index contributed by atoms with van der Waals surface area (Å²) in [6.45, 7) is 0. The minimum absolute atomic E-state index is 0.0144. The number of para-hydroxylation sites is 1. The number of rotatable bonds is 1. The van der Waals surface area contributed by atoms with Crippen LogP contribution in [-0.4, -0.2) is 18.1 Å². The number of fused-ring (bicyclic) bond motifs is 5. The first-order valence-corrected chi connectivity index (χ1v) is 11.2. The highest BCUT2D eigenvalue weighted by Crippen LogP contribution is 2.59. The van der Waals surface area contributed by atoms with Crippen LogP contribution >= 0.6 is 11.6 Å². The van der Waals surface area contributed by atoms with Crippen LogP contribution < -0.4 is 20.8 Å². The molecule has 0 saturated carbocycles. The summed E-state index contributed by atoms with van der Waals surface area (Å²) in [5, 5.41) is 21.8. The SMILES string of the molecule is CN1C(=O)C2(C(C#N)=C(N)Oc3cc4oc(-c5ccccc5)cc(=O)c4c(O)c32)c2cccc(Cl)c21. The number of phenolic OH excluding ortho intramolecular Hbond substituents is 1. The molecule has 2 aliphatic heterocycles. The Morgan fingerprint density at radius 1 is 1.11 bits per heavy atom. The zero-order valence-electron chi connectivity index (χ0n) is 18.7. The van der Waals surface area contributed by atoms with Crippen LogP contribution in [-0.2, 0) is 10.2 Å². The number of anilines is 1. The molecule has 3 heterocycles. The number of nitrogens with zero attached hydrogens (tertiary/aromatic N) is 2. The second-order valence-electron chi connectivity index (χ2n) is 8.52. The first-order chi connectivity index (χ1) is 17.3. The molecule has 176 valence electrons. The topological polar surface area (TPSA) is 130 Å². The van der Waals surface area contributed by atoms with Crippen LogP contribution in [0.5, 0.6) is 11.5 Å². The first-order valence-electron chi connectivity index (χ1n) is 10.9. The molecule has 4 aromatic rings. The maximum Gasteiger partial charge on any atom is 0.247 e. The number of likely N-dealkylation sites (N-methyl/N-ethyl adjacent to an activating group) is 1. The molecule has 0 radical (unpaired) electrons. The Morgan fingerprint density at radius 2 is 1.86 bits per heavy atom. The molecule has 3 aromatic carbocycles. The number of aromatic hydroxyl groups is 1. The summed E-state index contributed by atoms with van der Waals surface area (Å²) in [5.74, 6) is -1.15. The van der Waals surface area contributed by atoms with Crippen LogP contribution in [0.3, 0.4) is 0 Å². The van der Waals surface area contributed by atoms with Gasteiger partial charge in [-0.1, -0.05) is 54.1 Å². The monoisotopic (exact) mass is 497 g/mol. The molecule has 8 nitrogen and oxygen atoms in total. The van der Waals surface area contributed by atoms with Crippen molar-refractivity contribution in [3.63, 3.8) is 0 Å². The van der Waals surface area contributed by atoms with Gasteiger partial charge in [0.1, 0.15) is 45.3 Å². The fourth-order valence-electron chi connectivity index (χ4n) is 5.20. The molecule has 9 heteroatoms. The van der Waals surface area contributed by atoms with Crippen LogP contribution in [0.4, 0.5) is 5.69 Å². The maximum absolute atomic E-state index is 13.9. The maximum atomic E-state index is 13.9. The predicted molar refractivity (Wildman–Crippen MR) is 133 cm³/mol. The van der Waals surface area contributed by atoms with Gasteiger partial charge in [0.2, 0.25) is 11.8 Å². The Bertz CT molecular complexity index is 1770. The number of nitriles is 1. The number of carbonyl (C=O) groups is 1. The molecule has 1 spiro atoms. The molecule has 2 aliphatic rings. The van der Waals surface area contributed by atoms with Crippen LogP contribution in [0, 0.1) is 11.3 Å². The van der Waals surface area contributed by atoms with E-state index in [1.165, 1.54) is 24.1 Å². The Morgan fingerprint density at radius 3 is 2.58 bits per heavy atom. The Hall–Kier alpha value is -4.74.